The topological polar surface area (TPSA) is 72.9 Å². The Morgan fingerprint density at radius 3 is 2.94 bits per heavy atom. The largest absolute Gasteiger partial charge is 0.366 e. The second-order valence-corrected chi connectivity index (χ2v) is 4.12. The van der Waals surface area contributed by atoms with Crippen LogP contribution < -0.4 is 11.1 Å². The molecule has 0 saturated carbocycles. The summed E-state index contributed by atoms with van der Waals surface area (Å²) in [6, 6.07) is 7.30. The van der Waals surface area contributed by atoms with E-state index < -0.39 is 5.91 Å². The van der Waals surface area contributed by atoms with Crippen LogP contribution in [0.15, 0.2) is 36.7 Å². The minimum atomic E-state index is -0.402. The van der Waals surface area contributed by atoms with Gasteiger partial charge in [-0.3, -0.25) is 4.79 Å². The van der Waals surface area contributed by atoms with Crippen molar-refractivity contribution in [1.29, 1.82) is 0 Å². The number of imidazole rings is 1. The van der Waals surface area contributed by atoms with Gasteiger partial charge in [-0.25, -0.2) is 4.98 Å². The maximum atomic E-state index is 11.0. The van der Waals surface area contributed by atoms with Crippen LogP contribution in [-0.2, 0) is 20.1 Å². The monoisotopic (exact) mass is 244 g/mol. The number of aryl methyl sites for hydroxylation is 1. The van der Waals surface area contributed by atoms with Crippen molar-refractivity contribution in [3.63, 3.8) is 0 Å². The van der Waals surface area contributed by atoms with E-state index in [1.807, 2.05) is 29.9 Å². The van der Waals surface area contributed by atoms with Crippen molar-refractivity contribution in [1.82, 2.24) is 14.9 Å². The fourth-order valence-electron chi connectivity index (χ4n) is 1.72. The van der Waals surface area contributed by atoms with Crippen molar-refractivity contribution in [2.75, 3.05) is 0 Å². The number of nitrogens with zero attached hydrogens (tertiary/aromatic N) is 2. The molecule has 0 atom stereocenters. The Labute approximate surface area is 106 Å². The van der Waals surface area contributed by atoms with Crippen LogP contribution in [0.1, 0.15) is 21.7 Å². The van der Waals surface area contributed by atoms with Crippen LogP contribution in [0, 0.1) is 0 Å². The van der Waals surface area contributed by atoms with Gasteiger partial charge in [0.1, 0.15) is 5.82 Å². The van der Waals surface area contributed by atoms with Crippen LogP contribution in [0.4, 0.5) is 0 Å². The number of carbonyl (C=O) groups is 1. The number of nitrogens with two attached hydrogens (primary N) is 1. The number of primary amides is 1. The van der Waals surface area contributed by atoms with Crippen LogP contribution >= 0.6 is 0 Å². The fourth-order valence-corrected chi connectivity index (χ4v) is 1.72. The second kappa shape index (κ2) is 5.46. The highest BCUT2D eigenvalue weighted by Crippen LogP contribution is 2.04. The molecule has 0 fully saturated rings. The number of amides is 1. The van der Waals surface area contributed by atoms with Gasteiger partial charge in [-0.15, -0.1) is 0 Å². The Balaban J connectivity index is 1.92. The first kappa shape index (κ1) is 12.3. The summed E-state index contributed by atoms with van der Waals surface area (Å²) >= 11 is 0. The van der Waals surface area contributed by atoms with E-state index in [4.69, 9.17) is 5.73 Å². The number of carbonyl (C=O) groups excluding carboxylic acids is 1. The van der Waals surface area contributed by atoms with Crippen molar-refractivity contribution in [3.8, 4) is 0 Å². The Bertz CT molecular complexity index is 547. The third-order valence-corrected chi connectivity index (χ3v) is 2.74. The predicted octanol–water partition coefficient (Wildman–Crippen LogP) is 0.809. The highest BCUT2D eigenvalue weighted by Gasteiger charge is 2.02. The molecule has 0 spiro atoms. The molecule has 1 aromatic carbocycles. The van der Waals surface area contributed by atoms with Gasteiger partial charge < -0.3 is 15.6 Å². The Hall–Kier alpha value is -2.14. The van der Waals surface area contributed by atoms with E-state index in [0.717, 1.165) is 11.4 Å². The second-order valence-electron chi connectivity index (χ2n) is 4.12. The predicted molar refractivity (Wildman–Crippen MR) is 68.7 cm³/mol. The maximum Gasteiger partial charge on any atom is 0.248 e. The lowest BCUT2D eigenvalue weighted by Gasteiger charge is -2.06. The zero-order valence-corrected chi connectivity index (χ0v) is 10.3. The van der Waals surface area contributed by atoms with Crippen LogP contribution in [0.2, 0.25) is 0 Å². The zero-order chi connectivity index (χ0) is 13.0. The number of hydrogen-bond acceptors (Lipinski definition) is 3. The zero-order valence-electron chi connectivity index (χ0n) is 10.3. The summed E-state index contributed by atoms with van der Waals surface area (Å²) in [4.78, 5) is 15.3. The molecule has 3 N–H and O–H groups in total. The van der Waals surface area contributed by atoms with Gasteiger partial charge in [0.2, 0.25) is 5.91 Å². The maximum absolute atomic E-state index is 11.0. The summed E-state index contributed by atoms with van der Waals surface area (Å²) in [6.45, 7) is 1.36. The lowest BCUT2D eigenvalue weighted by Crippen LogP contribution is -2.16. The molecule has 0 unspecified atom stereocenters. The number of hydrogen-bond donors (Lipinski definition) is 2. The van der Waals surface area contributed by atoms with E-state index in [9.17, 15) is 4.79 Å². The van der Waals surface area contributed by atoms with Crippen LogP contribution in [-0.4, -0.2) is 15.5 Å². The van der Waals surface area contributed by atoms with Gasteiger partial charge in [-0.2, -0.15) is 0 Å². The number of rotatable bonds is 5. The molecule has 5 heteroatoms. The minimum Gasteiger partial charge on any atom is -0.366 e. The summed E-state index contributed by atoms with van der Waals surface area (Å²) in [6.07, 6.45) is 3.68. The number of nitrogens with one attached hydrogen (secondary N) is 1. The molecule has 1 heterocycles. The van der Waals surface area contributed by atoms with Gasteiger partial charge in [0, 0.05) is 31.5 Å². The summed E-state index contributed by atoms with van der Waals surface area (Å²) in [5.41, 5.74) is 6.80. The van der Waals surface area contributed by atoms with Gasteiger partial charge in [0.25, 0.3) is 0 Å². The lowest BCUT2D eigenvalue weighted by molar-refractivity contribution is 0.1000. The molecule has 5 nitrogen and oxygen atoms in total. The smallest absolute Gasteiger partial charge is 0.248 e. The molecule has 0 saturated heterocycles. The van der Waals surface area contributed by atoms with Gasteiger partial charge in [0.05, 0.1) is 6.54 Å². The molecule has 1 aromatic heterocycles. The SMILES string of the molecule is Cn1ccnc1CNCc1cccc(C(N)=O)c1. The van der Waals surface area contributed by atoms with E-state index >= 15 is 0 Å². The number of benzene rings is 1. The van der Waals surface area contributed by atoms with Crippen molar-refractivity contribution >= 4 is 5.91 Å². The Morgan fingerprint density at radius 1 is 1.44 bits per heavy atom. The van der Waals surface area contributed by atoms with Crippen LogP contribution in [0.25, 0.3) is 0 Å². The minimum absolute atomic E-state index is 0.402. The van der Waals surface area contributed by atoms with Gasteiger partial charge in [0.15, 0.2) is 0 Å². The third-order valence-electron chi connectivity index (χ3n) is 2.74. The van der Waals surface area contributed by atoms with E-state index in [2.05, 4.69) is 10.3 Å². The van der Waals surface area contributed by atoms with Crippen molar-refractivity contribution in [2.45, 2.75) is 13.1 Å². The van der Waals surface area contributed by atoms with Crippen molar-refractivity contribution < 1.29 is 4.79 Å². The quantitative estimate of drug-likeness (QED) is 0.817. The molecule has 94 valence electrons. The highest BCUT2D eigenvalue weighted by molar-refractivity contribution is 5.92. The first-order valence-electron chi connectivity index (χ1n) is 5.72. The average molecular weight is 244 g/mol. The molecule has 0 aliphatic carbocycles. The molecule has 0 aliphatic heterocycles. The molecular formula is C13H16N4O. The average Bonchev–Trinajstić information content (AvgIpc) is 2.76. The van der Waals surface area contributed by atoms with E-state index in [1.54, 1.807) is 18.3 Å². The molecule has 0 aliphatic rings. The lowest BCUT2D eigenvalue weighted by atomic mass is 10.1. The van der Waals surface area contributed by atoms with Crippen LogP contribution in [0.5, 0.6) is 0 Å². The van der Waals surface area contributed by atoms with Crippen LogP contribution in [0.3, 0.4) is 0 Å². The normalized spacial score (nSPS) is 10.5. The summed E-state index contributed by atoms with van der Waals surface area (Å²) in [7, 11) is 1.96. The molecule has 18 heavy (non-hydrogen) atoms. The summed E-state index contributed by atoms with van der Waals surface area (Å²) in [5, 5.41) is 3.28. The van der Waals surface area contributed by atoms with Gasteiger partial charge in [-0.05, 0) is 17.7 Å². The Morgan fingerprint density at radius 2 is 2.28 bits per heavy atom. The first-order chi connectivity index (χ1) is 8.66. The molecular weight excluding hydrogens is 228 g/mol. The molecule has 1 amide bonds. The van der Waals surface area contributed by atoms with E-state index in [1.165, 1.54) is 0 Å². The van der Waals surface area contributed by atoms with Gasteiger partial charge in [-0.1, -0.05) is 12.1 Å². The van der Waals surface area contributed by atoms with Crippen molar-refractivity contribution in [3.05, 3.63) is 53.6 Å². The fraction of sp³-hybridized carbons (Fsp3) is 0.231. The Kier molecular flexibility index (Phi) is 3.74. The number of aromatic nitrogens is 2. The first-order valence-corrected chi connectivity index (χ1v) is 5.72. The standard InChI is InChI=1S/C13H16N4O/c1-17-6-5-16-12(17)9-15-8-10-3-2-4-11(7-10)13(14)18/h2-7,15H,8-9H2,1H3,(H2,14,18). The molecule has 2 aromatic rings. The van der Waals surface area contributed by atoms with Gasteiger partial charge >= 0.3 is 0 Å². The van der Waals surface area contributed by atoms with E-state index in [-0.39, 0.29) is 0 Å². The summed E-state index contributed by atoms with van der Waals surface area (Å²) < 4.78 is 1.97. The van der Waals surface area contributed by atoms with E-state index in [0.29, 0.717) is 18.7 Å². The van der Waals surface area contributed by atoms with Crippen molar-refractivity contribution in [2.24, 2.45) is 12.8 Å². The highest BCUT2D eigenvalue weighted by atomic mass is 16.1. The summed E-state index contributed by atoms with van der Waals surface area (Å²) in [5.74, 6) is 0.571. The third kappa shape index (κ3) is 2.95. The molecule has 0 radical (unpaired) electrons. The molecule has 0 bridgehead atoms. The molecule has 2 rings (SSSR count).